The highest BCUT2D eigenvalue weighted by Gasteiger charge is 2.27. The van der Waals surface area contributed by atoms with Crippen molar-refractivity contribution in [2.45, 2.75) is 57.8 Å². The molecular weight excluding hydrogens is 276 g/mol. The van der Waals surface area contributed by atoms with Crippen molar-refractivity contribution in [3.05, 3.63) is 71.8 Å². The monoisotopic (exact) mass is 306 g/mol. The molecule has 2 aromatic carbocycles. The van der Waals surface area contributed by atoms with Crippen LogP contribution in [0.25, 0.3) is 0 Å². The van der Waals surface area contributed by atoms with Gasteiger partial charge in [0, 0.05) is 0 Å². The topological polar surface area (TPSA) is 0 Å². The van der Waals surface area contributed by atoms with E-state index in [1.807, 2.05) is 0 Å². The van der Waals surface area contributed by atoms with Crippen molar-refractivity contribution < 1.29 is 0 Å². The molecule has 0 heterocycles. The Bertz CT molecular complexity index is 572. The first-order valence-electron chi connectivity index (χ1n) is 9.34. The Balaban J connectivity index is 1.90. The fraction of sp³-hybridized carbons (Fsp3) is 0.478. The normalized spacial score (nSPS) is 29.3. The van der Waals surface area contributed by atoms with E-state index in [4.69, 9.17) is 0 Å². The van der Waals surface area contributed by atoms with Crippen LogP contribution in [0.5, 0.6) is 0 Å². The van der Waals surface area contributed by atoms with E-state index < -0.39 is 0 Å². The van der Waals surface area contributed by atoms with Gasteiger partial charge in [0.25, 0.3) is 0 Å². The van der Waals surface area contributed by atoms with Crippen LogP contribution in [-0.4, -0.2) is 0 Å². The molecule has 1 aliphatic carbocycles. The molecule has 1 fully saturated rings. The molecule has 0 heteroatoms. The zero-order chi connectivity index (χ0) is 16.1. The second kappa shape index (κ2) is 7.81. The first-order valence-corrected chi connectivity index (χ1v) is 9.34. The van der Waals surface area contributed by atoms with Gasteiger partial charge in [-0.3, -0.25) is 0 Å². The van der Waals surface area contributed by atoms with Crippen LogP contribution >= 0.6 is 0 Å². The summed E-state index contributed by atoms with van der Waals surface area (Å²) in [6.07, 6.45) is 6.76. The molecule has 0 nitrogen and oxygen atoms in total. The smallest absolute Gasteiger partial charge is 0.0130 e. The molecular formula is C23H30. The van der Waals surface area contributed by atoms with Crippen molar-refractivity contribution in [1.82, 2.24) is 0 Å². The van der Waals surface area contributed by atoms with Gasteiger partial charge in [0.2, 0.25) is 0 Å². The molecule has 0 radical (unpaired) electrons. The van der Waals surface area contributed by atoms with Crippen molar-refractivity contribution >= 4 is 0 Å². The van der Waals surface area contributed by atoms with E-state index in [1.54, 1.807) is 0 Å². The van der Waals surface area contributed by atoms with Crippen LogP contribution in [0.3, 0.4) is 0 Å². The number of rotatable bonds is 2. The first-order chi connectivity index (χ1) is 11.2. The molecule has 0 spiro atoms. The van der Waals surface area contributed by atoms with Crippen LogP contribution in [-0.2, 0) is 0 Å². The minimum Gasteiger partial charge on any atom is -0.0625 e. The predicted octanol–water partition coefficient (Wildman–Crippen LogP) is 6.79. The van der Waals surface area contributed by atoms with E-state index in [0.717, 1.165) is 11.8 Å². The third-order valence-corrected chi connectivity index (χ3v) is 5.77. The summed E-state index contributed by atoms with van der Waals surface area (Å²) in [6.45, 7) is 4.92. The molecule has 4 atom stereocenters. The van der Waals surface area contributed by atoms with Crippen LogP contribution in [0, 0.1) is 11.8 Å². The zero-order valence-corrected chi connectivity index (χ0v) is 14.6. The standard InChI is InChI=1S/C23H30/c1-18-10-9-11-19(2)23(21-14-7-4-8-15-21)17-22(16-18)20-12-5-3-6-13-20/h3-8,12-15,18-19,22-23H,9-11,16-17H2,1-2H3. The zero-order valence-electron chi connectivity index (χ0n) is 14.6. The third kappa shape index (κ3) is 4.25. The molecule has 0 bridgehead atoms. The summed E-state index contributed by atoms with van der Waals surface area (Å²) < 4.78 is 0. The summed E-state index contributed by atoms with van der Waals surface area (Å²) in [5.41, 5.74) is 3.07. The second-order valence-electron chi connectivity index (χ2n) is 7.61. The molecule has 3 rings (SSSR count). The Kier molecular flexibility index (Phi) is 5.54. The first kappa shape index (κ1) is 16.3. The summed E-state index contributed by atoms with van der Waals surface area (Å²) >= 11 is 0. The van der Waals surface area contributed by atoms with Gasteiger partial charge in [-0.05, 0) is 47.6 Å². The summed E-state index contributed by atoms with van der Waals surface area (Å²) in [6, 6.07) is 22.4. The van der Waals surface area contributed by atoms with Gasteiger partial charge in [-0.2, -0.15) is 0 Å². The SMILES string of the molecule is CC1CCCC(C)C(c2ccccc2)CC(c2ccccc2)C1. The van der Waals surface area contributed by atoms with Gasteiger partial charge >= 0.3 is 0 Å². The van der Waals surface area contributed by atoms with Crippen LogP contribution in [0.15, 0.2) is 60.7 Å². The Morgan fingerprint density at radius 1 is 0.696 bits per heavy atom. The van der Waals surface area contributed by atoms with E-state index in [1.165, 1.54) is 43.2 Å². The van der Waals surface area contributed by atoms with E-state index in [2.05, 4.69) is 74.5 Å². The molecule has 0 aliphatic heterocycles. The van der Waals surface area contributed by atoms with Gasteiger partial charge in [-0.15, -0.1) is 0 Å². The fourth-order valence-corrected chi connectivity index (χ4v) is 4.39. The number of benzene rings is 2. The highest BCUT2D eigenvalue weighted by atomic mass is 14.3. The molecule has 1 saturated carbocycles. The molecule has 0 N–H and O–H groups in total. The molecule has 2 aromatic rings. The third-order valence-electron chi connectivity index (χ3n) is 5.77. The molecule has 122 valence electrons. The quantitative estimate of drug-likeness (QED) is 0.573. The predicted molar refractivity (Wildman–Crippen MR) is 99.8 cm³/mol. The van der Waals surface area contributed by atoms with E-state index in [9.17, 15) is 0 Å². The summed E-state index contributed by atoms with van der Waals surface area (Å²) in [5.74, 6) is 2.99. The van der Waals surface area contributed by atoms with Crippen molar-refractivity contribution in [3.8, 4) is 0 Å². The maximum absolute atomic E-state index is 2.47. The average Bonchev–Trinajstić information content (AvgIpc) is 2.66. The lowest BCUT2D eigenvalue weighted by atomic mass is 9.76. The lowest BCUT2D eigenvalue weighted by Gasteiger charge is -2.28. The van der Waals surface area contributed by atoms with Crippen LogP contribution in [0.1, 0.15) is 68.9 Å². The number of hydrogen-bond acceptors (Lipinski definition) is 0. The molecule has 1 aliphatic rings. The van der Waals surface area contributed by atoms with Crippen LogP contribution in [0.4, 0.5) is 0 Å². The Morgan fingerprint density at radius 2 is 1.30 bits per heavy atom. The molecule has 4 unspecified atom stereocenters. The van der Waals surface area contributed by atoms with Crippen LogP contribution in [0.2, 0.25) is 0 Å². The lowest BCUT2D eigenvalue weighted by molar-refractivity contribution is 0.382. The highest BCUT2D eigenvalue weighted by molar-refractivity contribution is 5.24. The largest absolute Gasteiger partial charge is 0.0625 e. The number of hydrogen-bond donors (Lipinski definition) is 0. The van der Waals surface area contributed by atoms with E-state index in [0.29, 0.717) is 11.8 Å². The van der Waals surface area contributed by atoms with E-state index >= 15 is 0 Å². The summed E-state index contributed by atoms with van der Waals surface area (Å²) in [5, 5.41) is 0. The molecule has 0 saturated heterocycles. The fourth-order valence-electron chi connectivity index (χ4n) is 4.39. The minimum atomic E-state index is 0.687. The maximum Gasteiger partial charge on any atom is -0.0130 e. The van der Waals surface area contributed by atoms with Gasteiger partial charge < -0.3 is 0 Å². The summed E-state index contributed by atoms with van der Waals surface area (Å²) in [4.78, 5) is 0. The molecule has 0 aromatic heterocycles. The van der Waals surface area contributed by atoms with Gasteiger partial charge in [0.15, 0.2) is 0 Å². The lowest BCUT2D eigenvalue weighted by Crippen LogP contribution is -2.14. The Morgan fingerprint density at radius 3 is 1.96 bits per heavy atom. The van der Waals surface area contributed by atoms with Gasteiger partial charge in [-0.1, -0.05) is 93.8 Å². The van der Waals surface area contributed by atoms with Crippen molar-refractivity contribution in [1.29, 1.82) is 0 Å². The maximum atomic E-state index is 2.47. The van der Waals surface area contributed by atoms with E-state index in [-0.39, 0.29) is 0 Å². The Labute approximate surface area is 141 Å². The van der Waals surface area contributed by atoms with Gasteiger partial charge in [0.1, 0.15) is 0 Å². The molecule has 0 amide bonds. The minimum absolute atomic E-state index is 0.687. The van der Waals surface area contributed by atoms with Crippen molar-refractivity contribution in [3.63, 3.8) is 0 Å². The highest BCUT2D eigenvalue weighted by Crippen LogP contribution is 2.42. The second-order valence-corrected chi connectivity index (χ2v) is 7.61. The molecule has 23 heavy (non-hydrogen) atoms. The van der Waals surface area contributed by atoms with Gasteiger partial charge in [0.05, 0.1) is 0 Å². The average molecular weight is 306 g/mol. The van der Waals surface area contributed by atoms with Crippen LogP contribution < -0.4 is 0 Å². The summed E-state index contributed by atoms with van der Waals surface area (Å²) in [7, 11) is 0. The van der Waals surface area contributed by atoms with Crippen molar-refractivity contribution in [2.75, 3.05) is 0 Å². The van der Waals surface area contributed by atoms with Gasteiger partial charge in [-0.25, -0.2) is 0 Å². The van der Waals surface area contributed by atoms with Crippen molar-refractivity contribution in [2.24, 2.45) is 11.8 Å². The Hall–Kier alpha value is -1.56.